The van der Waals surface area contributed by atoms with Crippen LogP contribution in [0.1, 0.15) is 62.1 Å². The summed E-state index contributed by atoms with van der Waals surface area (Å²) < 4.78 is 8.17. The lowest BCUT2D eigenvalue weighted by Crippen LogP contribution is -2.06. The number of rotatable bonds is 8. The zero-order chi connectivity index (χ0) is 26.1. The number of carboxylic acids is 1. The van der Waals surface area contributed by atoms with E-state index in [0.29, 0.717) is 12.6 Å². The number of benzene rings is 3. The first kappa shape index (κ1) is 25.4. The number of ether oxygens (including phenoxy) is 1. The van der Waals surface area contributed by atoms with Crippen LogP contribution in [-0.4, -0.2) is 26.0 Å². The van der Waals surface area contributed by atoms with Crippen molar-refractivity contribution in [2.45, 2.75) is 57.6 Å². The number of carboxylic acid groups (broad SMARTS) is 1. The van der Waals surface area contributed by atoms with Gasteiger partial charge in [0, 0.05) is 10.9 Å². The highest BCUT2D eigenvalue weighted by atomic mass is 35.5. The number of phenols is 1. The van der Waals surface area contributed by atoms with Gasteiger partial charge in [0.15, 0.2) is 5.75 Å². The first-order chi connectivity index (χ1) is 17.8. The van der Waals surface area contributed by atoms with Crippen LogP contribution in [0.4, 0.5) is 0 Å². The second-order valence-corrected chi connectivity index (χ2v) is 10.5. The predicted octanol–water partition coefficient (Wildman–Crippen LogP) is 7.99. The predicted molar refractivity (Wildman–Crippen MR) is 146 cm³/mol. The van der Waals surface area contributed by atoms with E-state index in [1.807, 2.05) is 43.3 Å². The molecule has 3 aromatic carbocycles. The lowest BCUT2D eigenvalue weighted by atomic mass is 9.98. The summed E-state index contributed by atoms with van der Waals surface area (Å²) in [5.41, 5.74) is 4.56. The molecule has 0 unspecified atom stereocenters. The summed E-state index contributed by atoms with van der Waals surface area (Å²) in [7, 11) is 0. The average molecular weight is 539 g/mol. The van der Waals surface area contributed by atoms with Crippen molar-refractivity contribution in [2.24, 2.45) is 0 Å². The molecule has 37 heavy (non-hydrogen) atoms. The lowest BCUT2D eigenvalue weighted by Gasteiger charge is -2.13. The van der Waals surface area contributed by atoms with Crippen molar-refractivity contribution in [1.29, 1.82) is 0 Å². The number of aromatic nitrogens is 2. The van der Waals surface area contributed by atoms with E-state index in [0.717, 1.165) is 51.9 Å². The van der Waals surface area contributed by atoms with E-state index in [1.165, 1.54) is 12.8 Å². The monoisotopic (exact) mass is 538 g/mol. The molecule has 8 heteroatoms. The summed E-state index contributed by atoms with van der Waals surface area (Å²) in [5, 5.41) is 25.4. The summed E-state index contributed by atoms with van der Waals surface area (Å²) in [4.78, 5) is 11.0. The average Bonchev–Trinajstić information content (AvgIpc) is 3.53. The second kappa shape index (κ2) is 10.6. The van der Waals surface area contributed by atoms with Crippen molar-refractivity contribution < 1.29 is 19.7 Å². The molecule has 1 heterocycles. The first-order valence-electron chi connectivity index (χ1n) is 12.4. The van der Waals surface area contributed by atoms with Gasteiger partial charge in [-0.1, -0.05) is 67.2 Å². The highest BCUT2D eigenvalue weighted by molar-refractivity contribution is 6.37. The molecule has 1 fully saturated rings. The van der Waals surface area contributed by atoms with Crippen LogP contribution in [0.2, 0.25) is 10.0 Å². The Labute approximate surface area is 225 Å². The molecule has 192 valence electrons. The van der Waals surface area contributed by atoms with E-state index < -0.39 is 5.97 Å². The SMILES string of the molecule is C[C@@H](CC(=O)O)c1ccc(OCc2ccc3c(-c4cc(Cl)c(O)c(Cl)c4)nn(C4CCCC4)c3c2)cc1. The lowest BCUT2D eigenvalue weighted by molar-refractivity contribution is -0.137. The van der Waals surface area contributed by atoms with Gasteiger partial charge in [-0.3, -0.25) is 9.48 Å². The zero-order valence-corrected chi connectivity index (χ0v) is 22.0. The smallest absolute Gasteiger partial charge is 0.303 e. The van der Waals surface area contributed by atoms with Crippen LogP contribution < -0.4 is 4.74 Å². The summed E-state index contributed by atoms with van der Waals surface area (Å²) >= 11 is 12.4. The van der Waals surface area contributed by atoms with Gasteiger partial charge in [0.25, 0.3) is 0 Å². The Kier molecular flexibility index (Phi) is 7.31. The van der Waals surface area contributed by atoms with Crippen LogP contribution in [0.15, 0.2) is 54.6 Å². The van der Waals surface area contributed by atoms with Crippen molar-refractivity contribution in [3.8, 4) is 22.8 Å². The number of aromatic hydroxyl groups is 1. The first-order valence-corrected chi connectivity index (χ1v) is 13.2. The van der Waals surface area contributed by atoms with Gasteiger partial charge in [-0.25, -0.2) is 0 Å². The van der Waals surface area contributed by atoms with Gasteiger partial charge in [-0.15, -0.1) is 0 Å². The van der Waals surface area contributed by atoms with Crippen LogP contribution in [0.5, 0.6) is 11.5 Å². The third-order valence-corrected chi connectivity index (χ3v) is 7.64. The largest absolute Gasteiger partial charge is 0.505 e. The Morgan fingerprint density at radius 3 is 2.41 bits per heavy atom. The Morgan fingerprint density at radius 1 is 1.08 bits per heavy atom. The number of nitrogens with zero attached hydrogens (tertiary/aromatic N) is 2. The van der Waals surface area contributed by atoms with Crippen molar-refractivity contribution in [3.05, 3.63) is 75.8 Å². The molecule has 4 aromatic rings. The number of halogens is 2. The van der Waals surface area contributed by atoms with Crippen LogP contribution in [0, 0.1) is 0 Å². The Hall–Kier alpha value is -3.22. The highest BCUT2D eigenvalue weighted by Crippen LogP contribution is 2.40. The molecular weight excluding hydrogens is 511 g/mol. The normalized spacial score (nSPS) is 14.8. The standard InChI is InChI=1S/C29H28Cl2N2O4/c1-17(12-27(34)35)19-7-9-22(10-8-19)37-16-18-6-11-23-26(13-18)33(21-4-2-3-5-21)32-28(23)20-14-24(30)29(36)25(31)15-20/h6-11,13-15,17,21,36H,2-5,12,16H2,1H3,(H,34,35)/t17-/m0/s1. The van der Waals surface area contributed by atoms with Crippen LogP contribution in [0.3, 0.4) is 0 Å². The van der Waals surface area contributed by atoms with Gasteiger partial charge in [-0.2, -0.15) is 5.10 Å². The maximum atomic E-state index is 11.0. The third-order valence-electron chi connectivity index (χ3n) is 7.07. The summed E-state index contributed by atoms with van der Waals surface area (Å²) in [5.74, 6) is -0.266. The van der Waals surface area contributed by atoms with Crippen molar-refractivity contribution >= 4 is 40.1 Å². The van der Waals surface area contributed by atoms with Gasteiger partial charge in [0.2, 0.25) is 0 Å². The van der Waals surface area contributed by atoms with Gasteiger partial charge in [0.05, 0.1) is 28.0 Å². The molecule has 2 N–H and O–H groups in total. The van der Waals surface area contributed by atoms with Crippen LogP contribution in [-0.2, 0) is 11.4 Å². The molecule has 0 saturated heterocycles. The van der Waals surface area contributed by atoms with Crippen molar-refractivity contribution in [2.75, 3.05) is 0 Å². The number of phenolic OH excluding ortho intramolecular Hbond substituents is 1. The van der Waals surface area contributed by atoms with E-state index in [9.17, 15) is 9.90 Å². The molecule has 0 aliphatic heterocycles. The van der Waals surface area contributed by atoms with E-state index >= 15 is 0 Å². The molecule has 1 aliphatic carbocycles. The Morgan fingerprint density at radius 2 is 1.76 bits per heavy atom. The molecular formula is C29H28Cl2N2O4. The number of hydrogen-bond donors (Lipinski definition) is 2. The molecule has 0 spiro atoms. The van der Waals surface area contributed by atoms with Gasteiger partial charge in [-0.05, 0) is 60.2 Å². The molecule has 1 aliphatic rings. The third kappa shape index (κ3) is 5.41. The van der Waals surface area contributed by atoms with Gasteiger partial charge >= 0.3 is 5.97 Å². The summed E-state index contributed by atoms with van der Waals surface area (Å²) in [6.45, 7) is 2.29. The number of carbonyl (C=O) groups is 1. The van der Waals surface area contributed by atoms with E-state index in [1.54, 1.807) is 12.1 Å². The van der Waals surface area contributed by atoms with E-state index in [-0.39, 0.29) is 28.1 Å². The highest BCUT2D eigenvalue weighted by Gasteiger charge is 2.23. The van der Waals surface area contributed by atoms with Crippen LogP contribution in [0.25, 0.3) is 22.2 Å². The van der Waals surface area contributed by atoms with Crippen molar-refractivity contribution in [3.63, 3.8) is 0 Å². The number of fused-ring (bicyclic) bond motifs is 1. The molecule has 0 radical (unpaired) electrons. The number of hydrogen-bond acceptors (Lipinski definition) is 4. The van der Waals surface area contributed by atoms with E-state index in [2.05, 4.69) is 10.7 Å². The minimum atomic E-state index is -0.806. The second-order valence-electron chi connectivity index (χ2n) is 9.73. The summed E-state index contributed by atoms with van der Waals surface area (Å²) in [6, 6.07) is 17.5. The fourth-order valence-electron chi connectivity index (χ4n) is 5.05. The van der Waals surface area contributed by atoms with Crippen LogP contribution >= 0.6 is 23.2 Å². The quantitative estimate of drug-likeness (QED) is 0.237. The summed E-state index contributed by atoms with van der Waals surface area (Å²) in [6.07, 6.45) is 4.63. The van der Waals surface area contributed by atoms with Gasteiger partial charge in [0.1, 0.15) is 18.1 Å². The van der Waals surface area contributed by atoms with E-state index in [4.69, 9.17) is 38.1 Å². The molecule has 6 nitrogen and oxygen atoms in total. The molecule has 1 saturated carbocycles. The maximum Gasteiger partial charge on any atom is 0.303 e. The molecule has 0 bridgehead atoms. The Balaban J connectivity index is 1.42. The molecule has 1 aromatic heterocycles. The zero-order valence-electron chi connectivity index (χ0n) is 20.5. The fraction of sp³-hybridized carbons (Fsp3) is 0.310. The minimum Gasteiger partial charge on any atom is -0.505 e. The topological polar surface area (TPSA) is 84.6 Å². The van der Waals surface area contributed by atoms with Gasteiger partial charge < -0.3 is 14.9 Å². The minimum absolute atomic E-state index is 0.0580. The Bertz CT molecular complexity index is 1420. The maximum absolute atomic E-state index is 11.0. The number of aliphatic carboxylic acids is 1. The molecule has 1 atom stereocenters. The molecule has 0 amide bonds. The fourth-order valence-corrected chi connectivity index (χ4v) is 5.54. The molecule has 5 rings (SSSR count). The van der Waals surface area contributed by atoms with Crippen molar-refractivity contribution in [1.82, 2.24) is 9.78 Å².